The molecule has 17 heavy (non-hydrogen) atoms. The first-order valence-electron chi connectivity index (χ1n) is 5.91. The van der Waals surface area contributed by atoms with Crippen molar-refractivity contribution in [3.8, 4) is 16.9 Å². The maximum absolute atomic E-state index is 5.41. The molecule has 0 aliphatic carbocycles. The van der Waals surface area contributed by atoms with Gasteiger partial charge in [-0.25, -0.2) is 0 Å². The highest BCUT2D eigenvalue weighted by molar-refractivity contribution is 5.70. The Bertz CT molecular complexity index is 507. The number of methoxy groups -OCH3 is 1. The van der Waals surface area contributed by atoms with Crippen LogP contribution >= 0.6 is 0 Å². The van der Waals surface area contributed by atoms with Crippen LogP contribution in [-0.2, 0) is 13.1 Å². The van der Waals surface area contributed by atoms with E-state index in [0.717, 1.165) is 30.9 Å². The van der Waals surface area contributed by atoms with Gasteiger partial charge in [0.1, 0.15) is 5.75 Å². The summed E-state index contributed by atoms with van der Waals surface area (Å²) >= 11 is 0. The van der Waals surface area contributed by atoms with E-state index in [1.807, 2.05) is 18.2 Å². The number of ether oxygens (including phenoxy) is 1. The summed E-state index contributed by atoms with van der Waals surface area (Å²) in [5.41, 5.74) is 3.75. The first-order chi connectivity index (χ1) is 8.38. The van der Waals surface area contributed by atoms with Gasteiger partial charge >= 0.3 is 0 Å². The molecule has 3 rings (SSSR count). The summed E-state index contributed by atoms with van der Waals surface area (Å²) in [5, 5.41) is 3.38. The number of rotatable bonds is 2. The largest absolute Gasteiger partial charge is 0.496 e. The second kappa shape index (κ2) is 4.26. The Morgan fingerprint density at radius 2 is 2.18 bits per heavy atom. The van der Waals surface area contributed by atoms with Gasteiger partial charge in [0.15, 0.2) is 0 Å². The third-order valence-corrected chi connectivity index (χ3v) is 3.24. The summed E-state index contributed by atoms with van der Waals surface area (Å²) in [6, 6.07) is 10.4. The van der Waals surface area contributed by atoms with Gasteiger partial charge in [-0.15, -0.1) is 0 Å². The molecule has 0 radical (unpaired) electrons. The molecule has 1 aromatic heterocycles. The zero-order chi connectivity index (χ0) is 11.7. The van der Waals surface area contributed by atoms with Gasteiger partial charge in [0.25, 0.3) is 0 Å². The molecule has 88 valence electrons. The molecule has 1 aliphatic heterocycles. The van der Waals surface area contributed by atoms with Gasteiger partial charge in [0.05, 0.1) is 7.11 Å². The van der Waals surface area contributed by atoms with Crippen LogP contribution in [0.4, 0.5) is 0 Å². The molecule has 0 amide bonds. The van der Waals surface area contributed by atoms with Crippen molar-refractivity contribution in [3.05, 3.63) is 42.2 Å². The third kappa shape index (κ3) is 1.83. The Morgan fingerprint density at radius 3 is 3.00 bits per heavy atom. The quantitative estimate of drug-likeness (QED) is 0.853. The smallest absolute Gasteiger partial charge is 0.126 e. The number of nitrogens with one attached hydrogen (secondary N) is 1. The molecule has 0 spiro atoms. The van der Waals surface area contributed by atoms with Gasteiger partial charge in [-0.1, -0.05) is 18.2 Å². The summed E-state index contributed by atoms with van der Waals surface area (Å²) in [4.78, 5) is 0. The fourth-order valence-corrected chi connectivity index (χ4v) is 2.36. The fraction of sp³-hybridized carbons (Fsp3) is 0.286. The molecule has 0 saturated carbocycles. The fourth-order valence-electron chi connectivity index (χ4n) is 2.36. The van der Waals surface area contributed by atoms with E-state index in [9.17, 15) is 0 Å². The van der Waals surface area contributed by atoms with E-state index in [-0.39, 0.29) is 0 Å². The molecular weight excluding hydrogens is 212 g/mol. The second-order valence-electron chi connectivity index (χ2n) is 4.29. The van der Waals surface area contributed by atoms with Crippen molar-refractivity contribution in [1.29, 1.82) is 0 Å². The van der Waals surface area contributed by atoms with E-state index in [4.69, 9.17) is 4.74 Å². The van der Waals surface area contributed by atoms with Crippen molar-refractivity contribution >= 4 is 0 Å². The minimum absolute atomic E-state index is 0.934. The summed E-state index contributed by atoms with van der Waals surface area (Å²) in [5.74, 6) is 0.934. The van der Waals surface area contributed by atoms with Crippen LogP contribution in [0.25, 0.3) is 11.1 Å². The average Bonchev–Trinajstić information content (AvgIpc) is 2.82. The van der Waals surface area contributed by atoms with Crippen LogP contribution in [0.15, 0.2) is 36.5 Å². The van der Waals surface area contributed by atoms with Crippen molar-refractivity contribution < 1.29 is 4.74 Å². The molecule has 0 bridgehead atoms. The van der Waals surface area contributed by atoms with E-state index >= 15 is 0 Å². The molecule has 2 heterocycles. The van der Waals surface area contributed by atoms with Crippen molar-refractivity contribution in [1.82, 2.24) is 9.88 Å². The Hall–Kier alpha value is -1.74. The van der Waals surface area contributed by atoms with Crippen molar-refractivity contribution in [2.75, 3.05) is 13.7 Å². The molecule has 0 saturated heterocycles. The van der Waals surface area contributed by atoms with Gasteiger partial charge in [0, 0.05) is 42.7 Å². The van der Waals surface area contributed by atoms with Crippen LogP contribution in [0.2, 0.25) is 0 Å². The summed E-state index contributed by atoms with van der Waals surface area (Å²) in [6.45, 7) is 3.05. The SMILES string of the molecule is COc1ccccc1-c1cc2n(c1)CCNC2. The maximum Gasteiger partial charge on any atom is 0.126 e. The van der Waals surface area contributed by atoms with Crippen LogP contribution in [0.3, 0.4) is 0 Å². The van der Waals surface area contributed by atoms with Crippen molar-refractivity contribution in [2.45, 2.75) is 13.1 Å². The van der Waals surface area contributed by atoms with E-state index in [0.29, 0.717) is 0 Å². The van der Waals surface area contributed by atoms with Gasteiger partial charge in [0.2, 0.25) is 0 Å². The van der Waals surface area contributed by atoms with E-state index in [1.165, 1.54) is 11.3 Å². The minimum Gasteiger partial charge on any atom is -0.496 e. The van der Waals surface area contributed by atoms with E-state index < -0.39 is 0 Å². The Labute approximate surface area is 101 Å². The third-order valence-electron chi connectivity index (χ3n) is 3.24. The normalized spacial score (nSPS) is 14.4. The summed E-state index contributed by atoms with van der Waals surface area (Å²) in [7, 11) is 1.72. The number of hydrogen-bond donors (Lipinski definition) is 1. The van der Waals surface area contributed by atoms with E-state index in [1.54, 1.807) is 7.11 Å². The zero-order valence-corrected chi connectivity index (χ0v) is 9.94. The first kappa shape index (κ1) is 10.4. The molecule has 3 nitrogen and oxygen atoms in total. The van der Waals surface area contributed by atoms with Crippen molar-refractivity contribution in [2.24, 2.45) is 0 Å². The molecule has 0 unspecified atom stereocenters. The second-order valence-corrected chi connectivity index (χ2v) is 4.29. The highest BCUT2D eigenvalue weighted by Crippen LogP contribution is 2.31. The predicted molar refractivity (Wildman–Crippen MR) is 68.1 cm³/mol. The van der Waals surface area contributed by atoms with Crippen LogP contribution in [0, 0.1) is 0 Å². The van der Waals surface area contributed by atoms with E-state index in [2.05, 4.69) is 28.2 Å². The lowest BCUT2D eigenvalue weighted by molar-refractivity contribution is 0.416. The number of benzene rings is 1. The molecule has 2 aromatic rings. The molecule has 3 heteroatoms. The van der Waals surface area contributed by atoms with Crippen LogP contribution in [0.1, 0.15) is 5.69 Å². The Kier molecular flexibility index (Phi) is 2.61. The van der Waals surface area contributed by atoms with Crippen molar-refractivity contribution in [3.63, 3.8) is 0 Å². The number of aromatic nitrogens is 1. The Morgan fingerprint density at radius 1 is 1.29 bits per heavy atom. The molecule has 1 aromatic carbocycles. The number of hydrogen-bond acceptors (Lipinski definition) is 2. The average molecular weight is 228 g/mol. The standard InChI is InChI=1S/C14H16N2O/c1-17-14-5-3-2-4-13(14)11-8-12-9-15-6-7-16(12)10-11/h2-5,8,10,15H,6-7,9H2,1H3. The molecule has 1 N–H and O–H groups in total. The Balaban J connectivity index is 2.06. The highest BCUT2D eigenvalue weighted by Gasteiger charge is 2.12. The number of para-hydroxylation sites is 1. The summed E-state index contributed by atoms with van der Waals surface area (Å²) in [6.07, 6.45) is 2.22. The molecule has 1 aliphatic rings. The lowest BCUT2D eigenvalue weighted by atomic mass is 10.1. The molecule has 0 fully saturated rings. The monoisotopic (exact) mass is 228 g/mol. The number of fused-ring (bicyclic) bond motifs is 1. The van der Waals surface area contributed by atoms with Gasteiger partial charge < -0.3 is 14.6 Å². The zero-order valence-electron chi connectivity index (χ0n) is 9.94. The maximum atomic E-state index is 5.41. The molecular formula is C14H16N2O. The predicted octanol–water partition coefficient (Wildman–Crippen LogP) is 2.27. The van der Waals surface area contributed by atoms with Gasteiger partial charge in [-0.2, -0.15) is 0 Å². The van der Waals surface area contributed by atoms with Crippen LogP contribution in [-0.4, -0.2) is 18.2 Å². The first-order valence-corrected chi connectivity index (χ1v) is 5.91. The lowest BCUT2D eigenvalue weighted by Crippen LogP contribution is -2.27. The lowest BCUT2D eigenvalue weighted by Gasteiger charge is -2.15. The molecule has 0 atom stereocenters. The topological polar surface area (TPSA) is 26.2 Å². The van der Waals surface area contributed by atoms with Crippen LogP contribution in [0.5, 0.6) is 5.75 Å². The summed E-state index contributed by atoms with van der Waals surface area (Å²) < 4.78 is 7.72. The highest BCUT2D eigenvalue weighted by atomic mass is 16.5. The van der Waals surface area contributed by atoms with Crippen LogP contribution < -0.4 is 10.1 Å². The van der Waals surface area contributed by atoms with Gasteiger partial charge in [-0.3, -0.25) is 0 Å². The minimum atomic E-state index is 0.934. The van der Waals surface area contributed by atoms with Gasteiger partial charge in [-0.05, 0) is 12.1 Å². The number of nitrogens with zero attached hydrogens (tertiary/aromatic N) is 1.